The Labute approximate surface area is 126 Å². The highest BCUT2D eigenvalue weighted by atomic mass is 16.4. The summed E-state index contributed by atoms with van der Waals surface area (Å²) in [5.41, 5.74) is 1.01. The zero-order valence-electron chi connectivity index (χ0n) is 13.3. The number of aliphatic hydroxyl groups is 1. The third-order valence-electron chi connectivity index (χ3n) is 3.69. The lowest BCUT2D eigenvalue weighted by Crippen LogP contribution is -2.37. The van der Waals surface area contributed by atoms with Crippen LogP contribution in [0.3, 0.4) is 0 Å². The summed E-state index contributed by atoms with van der Waals surface area (Å²) in [6.07, 6.45) is 1.85. The van der Waals surface area contributed by atoms with Gasteiger partial charge in [-0.25, -0.2) is 9.78 Å². The predicted molar refractivity (Wildman–Crippen MR) is 84.1 cm³/mol. The number of carboxylic acids is 1. The number of aromatic nitrogens is 1. The van der Waals surface area contributed by atoms with E-state index in [-0.39, 0.29) is 24.1 Å². The first-order valence-electron chi connectivity index (χ1n) is 7.57. The van der Waals surface area contributed by atoms with E-state index in [2.05, 4.69) is 18.8 Å². The average molecular weight is 294 g/mol. The molecule has 1 rings (SSSR count). The summed E-state index contributed by atoms with van der Waals surface area (Å²) in [5.74, 6) is -0.156. The molecule has 0 aromatic carbocycles. The Bertz CT molecular complexity index is 471. The molecule has 118 valence electrons. The van der Waals surface area contributed by atoms with Gasteiger partial charge >= 0.3 is 5.97 Å². The summed E-state index contributed by atoms with van der Waals surface area (Å²) in [6.45, 7) is 8.63. The van der Waals surface area contributed by atoms with Gasteiger partial charge in [-0.3, -0.25) is 0 Å². The Balaban J connectivity index is 3.31. The molecular formula is C16H26N2O3. The van der Waals surface area contributed by atoms with Crippen molar-refractivity contribution in [2.75, 3.05) is 18.1 Å². The lowest BCUT2D eigenvalue weighted by atomic mass is 10.1. The van der Waals surface area contributed by atoms with Crippen LogP contribution >= 0.6 is 0 Å². The molecule has 0 amide bonds. The molecule has 0 aliphatic rings. The van der Waals surface area contributed by atoms with Crippen molar-refractivity contribution in [3.05, 3.63) is 23.4 Å². The Hall–Kier alpha value is -1.62. The van der Waals surface area contributed by atoms with Crippen molar-refractivity contribution in [2.45, 2.75) is 52.5 Å². The molecule has 0 spiro atoms. The first-order valence-corrected chi connectivity index (χ1v) is 7.57. The molecule has 5 nitrogen and oxygen atoms in total. The Kier molecular flexibility index (Phi) is 6.62. The van der Waals surface area contributed by atoms with Gasteiger partial charge in [0.1, 0.15) is 5.82 Å². The van der Waals surface area contributed by atoms with E-state index >= 15 is 0 Å². The number of anilines is 1. The summed E-state index contributed by atoms with van der Waals surface area (Å²) < 4.78 is 0. The first kappa shape index (κ1) is 17.4. The Morgan fingerprint density at radius 1 is 1.29 bits per heavy atom. The van der Waals surface area contributed by atoms with Crippen molar-refractivity contribution < 1.29 is 15.0 Å². The maximum atomic E-state index is 11.3. The van der Waals surface area contributed by atoms with Crippen LogP contribution in [0, 0.1) is 0 Å². The van der Waals surface area contributed by atoms with E-state index in [0.29, 0.717) is 12.4 Å². The highest BCUT2D eigenvalue weighted by molar-refractivity contribution is 5.88. The SMILES string of the molecule is CCC(CC)N(CCO)c1cc(C(=O)O)cc(C(C)C)n1. The van der Waals surface area contributed by atoms with Gasteiger partial charge in [-0.05, 0) is 30.9 Å². The fourth-order valence-electron chi connectivity index (χ4n) is 2.42. The average Bonchev–Trinajstić information content (AvgIpc) is 2.46. The van der Waals surface area contributed by atoms with Crippen molar-refractivity contribution in [1.82, 2.24) is 4.98 Å². The molecule has 0 radical (unpaired) electrons. The zero-order valence-corrected chi connectivity index (χ0v) is 13.3. The molecular weight excluding hydrogens is 268 g/mol. The molecule has 0 aliphatic carbocycles. The lowest BCUT2D eigenvalue weighted by molar-refractivity contribution is 0.0696. The van der Waals surface area contributed by atoms with Crippen molar-refractivity contribution >= 4 is 11.8 Å². The van der Waals surface area contributed by atoms with Crippen molar-refractivity contribution in [2.24, 2.45) is 0 Å². The lowest BCUT2D eigenvalue weighted by Gasteiger charge is -2.31. The van der Waals surface area contributed by atoms with E-state index in [9.17, 15) is 15.0 Å². The summed E-state index contributed by atoms with van der Waals surface area (Å²) in [5, 5.41) is 18.6. The monoisotopic (exact) mass is 294 g/mol. The van der Waals surface area contributed by atoms with E-state index in [1.165, 1.54) is 0 Å². The van der Waals surface area contributed by atoms with Crippen LogP contribution in [-0.2, 0) is 0 Å². The van der Waals surface area contributed by atoms with Gasteiger partial charge in [-0.15, -0.1) is 0 Å². The van der Waals surface area contributed by atoms with Gasteiger partial charge in [0.05, 0.1) is 12.2 Å². The normalized spacial score (nSPS) is 11.2. The van der Waals surface area contributed by atoms with Crippen LogP contribution in [0.2, 0.25) is 0 Å². The molecule has 1 aromatic heterocycles. The standard InChI is InChI=1S/C16H26N2O3/c1-5-13(6-2)18(7-8-19)15-10-12(16(20)21)9-14(17-15)11(3)4/h9-11,13,19H,5-8H2,1-4H3,(H,20,21). The third kappa shape index (κ3) is 4.43. The number of nitrogens with zero attached hydrogens (tertiary/aromatic N) is 2. The molecule has 2 N–H and O–H groups in total. The number of carbonyl (C=O) groups is 1. The van der Waals surface area contributed by atoms with Crippen LogP contribution < -0.4 is 4.90 Å². The molecule has 0 aliphatic heterocycles. The van der Waals surface area contributed by atoms with Crippen molar-refractivity contribution in [3.8, 4) is 0 Å². The number of rotatable bonds is 8. The molecule has 1 aromatic rings. The number of carboxylic acid groups (broad SMARTS) is 1. The second kappa shape index (κ2) is 7.98. The second-order valence-corrected chi connectivity index (χ2v) is 5.49. The van der Waals surface area contributed by atoms with E-state index in [1.807, 2.05) is 18.7 Å². The molecule has 21 heavy (non-hydrogen) atoms. The van der Waals surface area contributed by atoms with Gasteiger partial charge in [0, 0.05) is 18.3 Å². The third-order valence-corrected chi connectivity index (χ3v) is 3.69. The van der Waals surface area contributed by atoms with E-state index in [0.717, 1.165) is 18.5 Å². The molecule has 1 heterocycles. The maximum absolute atomic E-state index is 11.3. The Morgan fingerprint density at radius 3 is 2.33 bits per heavy atom. The van der Waals surface area contributed by atoms with Crippen LogP contribution in [0.25, 0.3) is 0 Å². The van der Waals surface area contributed by atoms with E-state index < -0.39 is 5.97 Å². The maximum Gasteiger partial charge on any atom is 0.335 e. The van der Waals surface area contributed by atoms with E-state index in [1.54, 1.807) is 12.1 Å². The summed E-state index contributed by atoms with van der Waals surface area (Å²) in [7, 11) is 0. The minimum absolute atomic E-state index is 0.0203. The fourth-order valence-corrected chi connectivity index (χ4v) is 2.42. The fraction of sp³-hybridized carbons (Fsp3) is 0.625. The second-order valence-electron chi connectivity index (χ2n) is 5.49. The topological polar surface area (TPSA) is 73.7 Å². The molecule has 0 fully saturated rings. The zero-order chi connectivity index (χ0) is 16.0. The molecule has 5 heteroatoms. The summed E-state index contributed by atoms with van der Waals surface area (Å²) in [4.78, 5) is 17.9. The van der Waals surface area contributed by atoms with Gasteiger partial charge in [0.15, 0.2) is 0 Å². The first-order chi connectivity index (χ1) is 9.94. The summed E-state index contributed by atoms with van der Waals surface area (Å²) >= 11 is 0. The van der Waals surface area contributed by atoms with Crippen LogP contribution in [0.5, 0.6) is 0 Å². The van der Waals surface area contributed by atoms with Crippen molar-refractivity contribution in [3.63, 3.8) is 0 Å². The van der Waals surface area contributed by atoms with Gasteiger partial charge in [-0.1, -0.05) is 27.7 Å². The van der Waals surface area contributed by atoms with Crippen LogP contribution in [0.4, 0.5) is 5.82 Å². The number of aliphatic hydroxyl groups excluding tert-OH is 1. The van der Waals surface area contributed by atoms with Crippen LogP contribution in [0.15, 0.2) is 12.1 Å². The number of aromatic carboxylic acids is 1. The number of hydrogen-bond donors (Lipinski definition) is 2. The smallest absolute Gasteiger partial charge is 0.335 e. The molecule has 0 atom stereocenters. The quantitative estimate of drug-likeness (QED) is 0.771. The van der Waals surface area contributed by atoms with Crippen LogP contribution in [0.1, 0.15) is 62.5 Å². The van der Waals surface area contributed by atoms with Gasteiger partial charge in [0.25, 0.3) is 0 Å². The number of hydrogen-bond acceptors (Lipinski definition) is 4. The Morgan fingerprint density at radius 2 is 1.90 bits per heavy atom. The largest absolute Gasteiger partial charge is 0.478 e. The predicted octanol–water partition coefficient (Wildman–Crippen LogP) is 2.89. The molecule has 0 bridgehead atoms. The van der Waals surface area contributed by atoms with Gasteiger partial charge in [0.2, 0.25) is 0 Å². The van der Waals surface area contributed by atoms with E-state index in [4.69, 9.17) is 0 Å². The highest BCUT2D eigenvalue weighted by Crippen LogP contribution is 2.23. The molecule has 0 saturated heterocycles. The number of pyridine rings is 1. The van der Waals surface area contributed by atoms with Crippen molar-refractivity contribution in [1.29, 1.82) is 0 Å². The minimum Gasteiger partial charge on any atom is -0.478 e. The van der Waals surface area contributed by atoms with Crippen LogP contribution in [-0.4, -0.2) is 40.4 Å². The molecule has 0 saturated carbocycles. The van der Waals surface area contributed by atoms with Gasteiger partial charge in [-0.2, -0.15) is 0 Å². The highest BCUT2D eigenvalue weighted by Gasteiger charge is 2.19. The summed E-state index contributed by atoms with van der Waals surface area (Å²) in [6, 6.07) is 3.47. The molecule has 0 unspecified atom stereocenters. The van der Waals surface area contributed by atoms with Gasteiger partial charge < -0.3 is 15.1 Å². The minimum atomic E-state index is -0.950.